The SMILES string of the molecule is C[C@]12CN(Cc3cccc(C(=O)O)c3)CC1[C@@H]1CC[C@H]2C1. The minimum absolute atomic E-state index is 0.401. The second-order valence-corrected chi connectivity index (χ2v) is 7.56. The van der Waals surface area contributed by atoms with Gasteiger partial charge in [0.15, 0.2) is 0 Å². The molecule has 0 amide bonds. The van der Waals surface area contributed by atoms with E-state index in [9.17, 15) is 4.79 Å². The highest BCUT2D eigenvalue weighted by Crippen LogP contribution is 2.62. The molecule has 1 aromatic rings. The van der Waals surface area contributed by atoms with Crippen LogP contribution >= 0.6 is 0 Å². The molecule has 112 valence electrons. The van der Waals surface area contributed by atoms with Crippen molar-refractivity contribution in [3.8, 4) is 0 Å². The number of rotatable bonds is 3. The molecule has 3 aliphatic rings. The first-order valence-corrected chi connectivity index (χ1v) is 8.11. The molecule has 1 unspecified atom stereocenters. The van der Waals surface area contributed by atoms with Crippen molar-refractivity contribution in [1.29, 1.82) is 0 Å². The van der Waals surface area contributed by atoms with Gasteiger partial charge in [0.05, 0.1) is 5.56 Å². The second-order valence-electron chi connectivity index (χ2n) is 7.56. The maximum atomic E-state index is 11.1. The van der Waals surface area contributed by atoms with Gasteiger partial charge in [0.1, 0.15) is 0 Å². The average Bonchev–Trinajstić information content (AvgIpc) is 3.09. The summed E-state index contributed by atoms with van der Waals surface area (Å²) in [5, 5.41) is 9.11. The molecule has 21 heavy (non-hydrogen) atoms. The Morgan fingerprint density at radius 1 is 1.43 bits per heavy atom. The van der Waals surface area contributed by atoms with E-state index in [1.807, 2.05) is 12.1 Å². The van der Waals surface area contributed by atoms with Crippen LogP contribution in [0, 0.1) is 23.2 Å². The average molecular weight is 285 g/mol. The van der Waals surface area contributed by atoms with Gasteiger partial charge in [0, 0.05) is 19.6 Å². The van der Waals surface area contributed by atoms with Gasteiger partial charge in [-0.15, -0.1) is 0 Å². The van der Waals surface area contributed by atoms with Gasteiger partial charge in [-0.3, -0.25) is 4.90 Å². The molecule has 4 rings (SSSR count). The Morgan fingerprint density at radius 3 is 3.05 bits per heavy atom. The molecular formula is C18H23NO2. The quantitative estimate of drug-likeness (QED) is 0.926. The lowest BCUT2D eigenvalue weighted by Crippen LogP contribution is -2.32. The lowest BCUT2D eigenvalue weighted by molar-refractivity contribution is 0.0696. The zero-order valence-electron chi connectivity index (χ0n) is 12.6. The summed E-state index contributed by atoms with van der Waals surface area (Å²) in [6.45, 7) is 5.78. The number of fused-ring (bicyclic) bond motifs is 5. The first kappa shape index (κ1) is 13.3. The molecule has 3 heteroatoms. The first-order chi connectivity index (χ1) is 10.1. The normalized spacial score (nSPS) is 37.9. The van der Waals surface area contributed by atoms with Crippen molar-refractivity contribution in [2.75, 3.05) is 13.1 Å². The maximum absolute atomic E-state index is 11.1. The van der Waals surface area contributed by atoms with Gasteiger partial charge in [-0.2, -0.15) is 0 Å². The Morgan fingerprint density at radius 2 is 2.29 bits per heavy atom. The second kappa shape index (κ2) is 4.57. The number of aromatic carboxylic acids is 1. The monoisotopic (exact) mass is 285 g/mol. The summed E-state index contributed by atoms with van der Waals surface area (Å²) >= 11 is 0. The largest absolute Gasteiger partial charge is 0.478 e. The van der Waals surface area contributed by atoms with Gasteiger partial charge in [-0.25, -0.2) is 4.79 Å². The summed E-state index contributed by atoms with van der Waals surface area (Å²) in [5.41, 5.74) is 2.05. The fourth-order valence-corrected chi connectivity index (χ4v) is 5.43. The van der Waals surface area contributed by atoms with E-state index in [-0.39, 0.29) is 0 Å². The van der Waals surface area contributed by atoms with Crippen LogP contribution in [0.4, 0.5) is 0 Å². The summed E-state index contributed by atoms with van der Waals surface area (Å²) in [5.74, 6) is 1.93. The molecule has 0 aromatic heterocycles. The standard InChI is InChI=1S/C18H23NO2/c1-18-11-19(10-16(18)13-5-6-15(18)8-13)9-12-3-2-4-14(7-12)17(20)21/h2-4,7,13,15-16H,5-6,8-11H2,1H3,(H,20,21)/t13-,15+,16?,18-/m1/s1. The molecule has 3 nitrogen and oxygen atoms in total. The number of likely N-dealkylation sites (tertiary alicyclic amines) is 1. The van der Waals surface area contributed by atoms with Crippen molar-refractivity contribution in [2.24, 2.45) is 23.2 Å². The minimum Gasteiger partial charge on any atom is -0.478 e. The van der Waals surface area contributed by atoms with Crippen LogP contribution in [0.3, 0.4) is 0 Å². The molecule has 2 saturated carbocycles. The number of carboxylic acids is 1. The van der Waals surface area contributed by atoms with Crippen LogP contribution in [-0.4, -0.2) is 29.1 Å². The van der Waals surface area contributed by atoms with Crippen LogP contribution in [0.25, 0.3) is 0 Å². The molecule has 1 heterocycles. The Balaban J connectivity index is 1.50. The Bertz CT molecular complexity index is 584. The van der Waals surface area contributed by atoms with Gasteiger partial charge in [0.25, 0.3) is 0 Å². The van der Waals surface area contributed by atoms with E-state index in [0.717, 1.165) is 29.9 Å². The third-order valence-electron chi connectivity index (χ3n) is 6.42. The van der Waals surface area contributed by atoms with Gasteiger partial charge in [-0.05, 0) is 60.1 Å². The number of nitrogens with zero attached hydrogens (tertiary/aromatic N) is 1. The van der Waals surface area contributed by atoms with Gasteiger partial charge < -0.3 is 5.11 Å². The van der Waals surface area contributed by atoms with E-state index < -0.39 is 5.97 Å². The summed E-state index contributed by atoms with van der Waals surface area (Å²) in [7, 11) is 0. The van der Waals surface area contributed by atoms with E-state index in [0.29, 0.717) is 11.0 Å². The zero-order valence-corrected chi connectivity index (χ0v) is 12.6. The molecule has 1 saturated heterocycles. The fourth-order valence-electron chi connectivity index (χ4n) is 5.43. The van der Waals surface area contributed by atoms with Crippen molar-refractivity contribution in [1.82, 2.24) is 4.90 Å². The van der Waals surface area contributed by atoms with Crippen molar-refractivity contribution in [2.45, 2.75) is 32.7 Å². The zero-order chi connectivity index (χ0) is 14.6. The predicted molar refractivity (Wildman–Crippen MR) is 81.1 cm³/mol. The lowest BCUT2D eigenvalue weighted by atomic mass is 9.70. The molecular weight excluding hydrogens is 262 g/mol. The summed E-state index contributed by atoms with van der Waals surface area (Å²) in [6, 6.07) is 7.41. The van der Waals surface area contributed by atoms with Crippen LogP contribution in [0.5, 0.6) is 0 Å². The van der Waals surface area contributed by atoms with Crippen LogP contribution in [0.1, 0.15) is 42.1 Å². The minimum atomic E-state index is -0.833. The van der Waals surface area contributed by atoms with Crippen LogP contribution in [-0.2, 0) is 6.54 Å². The van der Waals surface area contributed by atoms with Crippen LogP contribution < -0.4 is 0 Å². The number of carboxylic acid groups (broad SMARTS) is 1. The van der Waals surface area contributed by atoms with Crippen molar-refractivity contribution < 1.29 is 9.90 Å². The van der Waals surface area contributed by atoms with Crippen LogP contribution in [0.15, 0.2) is 24.3 Å². The third-order valence-corrected chi connectivity index (χ3v) is 6.42. The topological polar surface area (TPSA) is 40.5 Å². The van der Waals surface area contributed by atoms with Gasteiger partial charge in [0.2, 0.25) is 0 Å². The molecule has 0 spiro atoms. The molecule has 1 aliphatic heterocycles. The van der Waals surface area contributed by atoms with E-state index in [1.165, 1.54) is 32.4 Å². The maximum Gasteiger partial charge on any atom is 0.335 e. The summed E-state index contributed by atoms with van der Waals surface area (Å²) in [4.78, 5) is 13.6. The fraction of sp³-hybridized carbons (Fsp3) is 0.611. The number of hydrogen-bond acceptors (Lipinski definition) is 2. The number of hydrogen-bond donors (Lipinski definition) is 1. The summed E-state index contributed by atoms with van der Waals surface area (Å²) in [6.07, 6.45) is 4.33. The van der Waals surface area contributed by atoms with Gasteiger partial charge >= 0.3 is 5.97 Å². The van der Waals surface area contributed by atoms with E-state index in [2.05, 4.69) is 17.9 Å². The van der Waals surface area contributed by atoms with E-state index >= 15 is 0 Å². The summed E-state index contributed by atoms with van der Waals surface area (Å²) < 4.78 is 0. The van der Waals surface area contributed by atoms with Crippen LogP contribution in [0.2, 0.25) is 0 Å². The third kappa shape index (κ3) is 2.02. The predicted octanol–water partition coefficient (Wildman–Crippen LogP) is 3.25. The smallest absolute Gasteiger partial charge is 0.335 e. The van der Waals surface area contributed by atoms with Gasteiger partial charge in [-0.1, -0.05) is 19.1 Å². The lowest BCUT2D eigenvalue weighted by Gasteiger charge is -2.35. The van der Waals surface area contributed by atoms with Crippen molar-refractivity contribution >= 4 is 5.97 Å². The highest BCUT2D eigenvalue weighted by atomic mass is 16.4. The number of benzene rings is 1. The molecule has 4 atom stereocenters. The molecule has 1 aromatic carbocycles. The molecule has 2 bridgehead atoms. The highest BCUT2D eigenvalue weighted by Gasteiger charge is 2.58. The Labute approximate surface area is 126 Å². The van der Waals surface area contributed by atoms with Crippen molar-refractivity contribution in [3.05, 3.63) is 35.4 Å². The molecule has 0 radical (unpaired) electrons. The molecule has 2 aliphatic carbocycles. The van der Waals surface area contributed by atoms with Crippen molar-refractivity contribution in [3.63, 3.8) is 0 Å². The molecule has 3 fully saturated rings. The Kier molecular flexibility index (Phi) is 2.90. The Hall–Kier alpha value is -1.35. The van der Waals surface area contributed by atoms with E-state index in [4.69, 9.17) is 5.11 Å². The van der Waals surface area contributed by atoms with E-state index in [1.54, 1.807) is 6.07 Å². The highest BCUT2D eigenvalue weighted by molar-refractivity contribution is 5.87. The number of carbonyl (C=O) groups is 1. The molecule has 1 N–H and O–H groups in total. The first-order valence-electron chi connectivity index (χ1n) is 8.11.